The minimum absolute atomic E-state index is 0.218. The normalized spacial score (nSPS) is 12.3. The van der Waals surface area contributed by atoms with E-state index in [1.807, 2.05) is 24.4 Å². The number of nitrogens with two attached hydrogens (primary N) is 1. The van der Waals surface area contributed by atoms with Crippen LogP contribution >= 0.6 is 15.9 Å². The van der Waals surface area contributed by atoms with Crippen LogP contribution in [0.4, 0.5) is 0 Å². The van der Waals surface area contributed by atoms with Gasteiger partial charge in [0.15, 0.2) is 0 Å². The standard InChI is InChI=1S/C14H16BrN3/c15-13-5-3-11(4-6-13)8-14(18-16)9-12-2-1-7-17-10-12/h1-7,10,14,18H,8-9,16H2. The molecule has 0 aliphatic rings. The summed E-state index contributed by atoms with van der Waals surface area (Å²) in [6.07, 6.45) is 5.44. The SMILES string of the molecule is NNC(Cc1ccc(Br)cc1)Cc1cccnc1. The van der Waals surface area contributed by atoms with E-state index < -0.39 is 0 Å². The van der Waals surface area contributed by atoms with Gasteiger partial charge in [-0.05, 0) is 42.2 Å². The summed E-state index contributed by atoms with van der Waals surface area (Å²) < 4.78 is 1.09. The van der Waals surface area contributed by atoms with E-state index in [0.717, 1.165) is 17.3 Å². The zero-order valence-corrected chi connectivity index (χ0v) is 11.6. The fraction of sp³-hybridized carbons (Fsp3) is 0.214. The summed E-state index contributed by atoms with van der Waals surface area (Å²) in [6.45, 7) is 0. The smallest absolute Gasteiger partial charge is 0.0300 e. The molecule has 0 saturated carbocycles. The Kier molecular flexibility index (Phi) is 4.87. The van der Waals surface area contributed by atoms with E-state index in [-0.39, 0.29) is 6.04 Å². The summed E-state index contributed by atoms with van der Waals surface area (Å²) in [4.78, 5) is 4.12. The zero-order chi connectivity index (χ0) is 12.8. The fourth-order valence-corrected chi connectivity index (χ4v) is 2.16. The predicted molar refractivity (Wildman–Crippen MR) is 76.9 cm³/mol. The second kappa shape index (κ2) is 6.64. The van der Waals surface area contributed by atoms with E-state index in [2.05, 4.69) is 44.5 Å². The molecule has 0 amide bonds. The first kappa shape index (κ1) is 13.2. The number of halogens is 1. The molecule has 4 heteroatoms. The van der Waals surface area contributed by atoms with E-state index in [4.69, 9.17) is 5.84 Å². The monoisotopic (exact) mass is 305 g/mol. The Hall–Kier alpha value is -1.23. The number of nitrogens with one attached hydrogen (secondary N) is 1. The van der Waals surface area contributed by atoms with Crippen LogP contribution in [0.5, 0.6) is 0 Å². The van der Waals surface area contributed by atoms with E-state index in [1.54, 1.807) is 6.20 Å². The lowest BCUT2D eigenvalue weighted by atomic mass is 10.0. The third-order valence-electron chi connectivity index (χ3n) is 2.84. The van der Waals surface area contributed by atoms with Crippen LogP contribution in [0.3, 0.4) is 0 Å². The molecule has 3 N–H and O–H groups in total. The van der Waals surface area contributed by atoms with Gasteiger partial charge in [0.1, 0.15) is 0 Å². The van der Waals surface area contributed by atoms with Gasteiger partial charge in [0.2, 0.25) is 0 Å². The number of benzene rings is 1. The second-order valence-corrected chi connectivity index (χ2v) is 5.18. The van der Waals surface area contributed by atoms with Gasteiger partial charge in [-0.15, -0.1) is 0 Å². The number of hydrazine groups is 1. The molecule has 0 bridgehead atoms. The molecule has 0 fully saturated rings. The lowest BCUT2D eigenvalue weighted by Crippen LogP contribution is -2.38. The molecule has 1 heterocycles. The van der Waals surface area contributed by atoms with Gasteiger partial charge in [0.05, 0.1) is 0 Å². The van der Waals surface area contributed by atoms with Crippen molar-refractivity contribution >= 4 is 15.9 Å². The molecule has 1 atom stereocenters. The molecule has 2 rings (SSSR count). The van der Waals surface area contributed by atoms with Crippen molar-refractivity contribution in [2.24, 2.45) is 5.84 Å². The van der Waals surface area contributed by atoms with Crippen LogP contribution in [-0.4, -0.2) is 11.0 Å². The molecule has 2 aromatic rings. The maximum Gasteiger partial charge on any atom is 0.0300 e. The van der Waals surface area contributed by atoms with Gasteiger partial charge in [-0.2, -0.15) is 0 Å². The predicted octanol–water partition coefficient (Wildman–Crippen LogP) is 2.46. The number of hydrogen-bond acceptors (Lipinski definition) is 3. The van der Waals surface area contributed by atoms with Crippen molar-refractivity contribution in [3.8, 4) is 0 Å². The quantitative estimate of drug-likeness (QED) is 0.659. The van der Waals surface area contributed by atoms with Crippen LogP contribution < -0.4 is 11.3 Å². The average Bonchev–Trinajstić information content (AvgIpc) is 2.41. The first-order valence-corrected chi connectivity index (χ1v) is 6.66. The van der Waals surface area contributed by atoms with Gasteiger partial charge in [-0.1, -0.05) is 34.1 Å². The molecule has 0 saturated heterocycles. The van der Waals surface area contributed by atoms with E-state index in [1.165, 1.54) is 11.1 Å². The Balaban J connectivity index is 1.99. The number of rotatable bonds is 5. The van der Waals surface area contributed by atoms with Crippen molar-refractivity contribution in [1.29, 1.82) is 0 Å². The third-order valence-corrected chi connectivity index (χ3v) is 3.36. The molecule has 1 aromatic heterocycles. The summed E-state index contributed by atoms with van der Waals surface area (Å²) in [7, 11) is 0. The van der Waals surface area contributed by atoms with Crippen LogP contribution in [0.15, 0.2) is 53.3 Å². The molecule has 94 valence electrons. The van der Waals surface area contributed by atoms with Gasteiger partial charge < -0.3 is 0 Å². The Labute approximate surface area is 116 Å². The number of aromatic nitrogens is 1. The minimum Gasteiger partial charge on any atom is -0.271 e. The second-order valence-electron chi connectivity index (χ2n) is 4.26. The first-order valence-electron chi connectivity index (χ1n) is 5.87. The van der Waals surface area contributed by atoms with Crippen molar-refractivity contribution < 1.29 is 0 Å². The van der Waals surface area contributed by atoms with Gasteiger partial charge in [-0.25, -0.2) is 0 Å². The maximum absolute atomic E-state index is 5.62. The summed E-state index contributed by atoms with van der Waals surface area (Å²) in [5, 5.41) is 0. The van der Waals surface area contributed by atoms with E-state index >= 15 is 0 Å². The topological polar surface area (TPSA) is 50.9 Å². The molecule has 0 spiro atoms. The summed E-state index contributed by atoms with van der Waals surface area (Å²) in [5.41, 5.74) is 5.33. The summed E-state index contributed by atoms with van der Waals surface area (Å²) in [6, 6.07) is 12.5. The lowest BCUT2D eigenvalue weighted by molar-refractivity contribution is 0.522. The van der Waals surface area contributed by atoms with Crippen LogP contribution in [0, 0.1) is 0 Å². The highest BCUT2D eigenvalue weighted by Crippen LogP contribution is 2.13. The molecule has 1 aromatic carbocycles. The Morgan fingerprint density at radius 1 is 1.11 bits per heavy atom. The van der Waals surface area contributed by atoms with Gasteiger partial charge in [-0.3, -0.25) is 16.3 Å². The zero-order valence-electron chi connectivity index (χ0n) is 10.0. The lowest BCUT2D eigenvalue weighted by Gasteiger charge is -2.15. The van der Waals surface area contributed by atoms with Crippen LogP contribution in [0.25, 0.3) is 0 Å². The van der Waals surface area contributed by atoms with Crippen LogP contribution in [0.2, 0.25) is 0 Å². The number of nitrogens with zero attached hydrogens (tertiary/aromatic N) is 1. The van der Waals surface area contributed by atoms with Crippen LogP contribution in [0.1, 0.15) is 11.1 Å². The molecule has 1 unspecified atom stereocenters. The van der Waals surface area contributed by atoms with Crippen molar-refractivity contribution in [2.45, 2.75) is 18.9 Å². The average molecular weight is 306 g/mol. The van der Waals surface area contributed by atoms with Crippen molar-refractivity contribution in [2.75, 3.05) is 0 Å². The molecule has 0 aliphatic carbocycles. The van der Waals surface area contributed by atoms with Gasteiger partial charge >= 0.3 is 0 Å². The molecular weight excluding hydrogens is 290 g/mol. The van der Waals surface area contributed by atoms with Crippen molar-refractivity contribution in [3.63, 3.8) is 0 Å². The largest absolute Gasteiger partial charge is 0.271 e. The van der Waals surface area contributed by atoms with Crippen LogP contribution in [-0.2, 0) is 12.8 Å². The minimum atomic E-state index is 0.218. The highest BCUT2D eigenvalue weighted by Gasteiger charge is 2.08. The van der Waals surface area contributed by atoms with Gasteiger partial charge in [0, 0.05) is 22.9 Å². The Bertz CT molecular complexity index is 470. The highest BCUT2D eigenvalue weighted by molar-refractivity contribution is 9.10. The van der Waals surface area contributed by atoms with Crippen molar-refractivity contribution in [1.82, 2.24) is 10.4 Å². The molecule has 0 radical (unpaired) electrons. The summed E-state index contributed by atoms with van der Waals surface area (Å²) >= 11 is 3.43. The van der Waals surface area contributed by atoms with Gasteiger partial charge in [0.25, 0.3) is 0 Å². The fourth-order valence-electron chi connectivity index (χ4n) is 1.90. The first-order chi connectivity index (χ1) is 8.78. The highest BCUT2D eigenvalue weighted by atomic mass is 79.9. The third kappa shape index (κ3) is 3.91. The van der Waals surface area contributed by atoms with E-state index in [9.17, 15) is 0 Å². The number of hydrogen-bond donors (Lipinski definition) is 2. The molecule has 0 aliphatic heterocycles. The molecule has 3 nitrogen and oxygen atoms in total. The molecular formula is C14H16BrN3. The maximum atomic E-state index is 5.62. The Morgan fingerprint density at radius 3 is 2.44 bits per heavy atom. The Morgan fingerprint density at radius 2 is 1.83 bits per heavy atom. The molecule has 18 heavy (non-hydrogen) atoms. The van der Waals surface area contributed by atoms with E-state index in [0.29, 0.717) is 0 Å². The number of pyridine rings is 1. The summed E-state index contributed by atoms with van der Waals surface area (Å²) in [5.74, 6) is 5.62. The van der Waals surface area contributed by atoms with Crippen molar-refractivity contribution in [3.05, 3.63) is 64.4 Å².